The van der Waals surface area contributed by atoms with E-state index in [4.69, 9.17) is 0 Å². The molecule has 0 saturated carbocycles. The van der Waals surface area contributed by atoms with Crippen LogP contribution in [0.15, 0.2) is 167 Å². The number of carbonyl (C=O) groups excluding carboxylic acids is 2. The summed E-state index contributed by atoms with van der Waals surface area (Å²) >= 11 is 0. The lowest BCUT2D eigenvalue weighted by Gasteiger charge is -2.38. The number of aromatic nitrogens is 2. The molecule has 4 bridgehead atoms. The van der Waals surface area contributed by atoms with Crippen LogP contribution in [-0.4, -0.2) is 66.3 Å². The fraction of sp³-hybridized carbons (Fsp3) is 0.333. The van der Waals surface area contributed by atoms with Gasteiger partial charge in [-0.05, 0) is 74.2 Å². The molecule has 0 unspecified atom stereocenters. The number of benzene rings is 4. The summed E-state index contributed by atoms with van der Waals surface area (Å²) in [4.78, 5) is 59.0. The molecule has 372 valence electrons. The number of amides is 2. The van der Waals surface area contributed by atoms with Crippen LogP contribution in [-0.2, 0) is 35.8 Å². The fourth-order valence-corrected chi connectivity index (χ4v) is 12.0. The molecule has 2 amide bonds. The highest BCUT2D eigenvalue weighted by Crippen LogP contribution is 2.50. The van der Waals surface area contributed by atoms with E-state index in [1.807, 2.05) is 182 Å². The molecule has 0 spiro atoms. The Hall–Kier alpha value is -6.96. The van der Waals surface area contributed by atoms with E-state index in [1.165, 1.54) is 0 Å². The Kier molecular flexibility index (Phi) is 15.4. The molecule has 4 aliphatic rings. The highest BCUT2D eigenvalue weighted by molar-refractivity contribution is 5.82. The summed E-state index contributed by atoms with van der Waals surface area (Å²) in [5.41, 5.74) is 7.20. The van der Waals surface area contributed by atoms with Crippen molar-refractivity contribution in [3.63, 3.8) is 0 Å². The minimum atomic E-state index is -0.476. The van der Waals surface area contributed by atoms with Crippen LogP contribution in [0.1, 0.15) is 96.6 Å². The standard InChI is InChI=1S/2C30H33N3O3/c2*1-3-10-23-15-16-25-28-27(29(35)31-20(2)22-13-8-5-9-14-22)24(19-34)26(18-33(25)30(23)36)32(28)17-21-11-6-4-7-12-21/h2*3-16,20,24,26-28,34H,17-19H2,1-2H3,(H,31,35)/b10-3+;10-3-/t2*20-,24+,26+,27-,28-/m11/s1. The number of pyridine rings is 2. The summed E-state index contributed by atoms with van der Waals surface area (Å²) in [6.45, 7) is 9.71. The molecule has 72 heavy (non-hydrogen) atoms. The van der Waals surface area contributed by atoms with E-state index in [2.05, 4.69) is 44.7 Å². The first kappa shape index (κ1) is 50.0. The Bertz CT molecular complexity index is 2810. The number of allylic oxidation sites excluding steroid dienone is 2. The lowest BCUT2D eigenvalue weighted by molar-refractivity contribution is -0.129. The van der Waals surface area contributed by atoms with E-state index in [0.29, 0.717) is 37.3 Å². The van der Waals surface area contributed by atoms with Gasteiger partial charge in [-0.25, -0.2) is 0 Å². The number of carbonyl (C=O) groups is 2. The molecule has 4 N–H and O–H groups in total. The molecule has 12 nitrogen and oxygen atoms in total. The third-order valence-electron chi connectivity index (χ3n) is 15.4. The smallest absolute Gasteiger partial charge is 0.258 e. The molecule has 2 saturated heterocycles. The van der Waals surface area contributed by atoms with Crippen LogP contribution in [0.3, 0.4) is 0 Å². The van der Waals surface area contributed by atoms with Gasteiger partial charge in [0, 0.05) is 85.8 Å². The third-order valence-corrected chi connectivity index (χ3v) is 15.4. The first-order valence-corrected chi connectivity index (χ1v) is 25.3. The molecule has 10 atom stereocenters. The highest BCUT2D eigenvalue weighted by atomic mass is 16.3. The zero-order valence-corrected chi connectivity index (χ0v) is 41.5. The van der Waals surface area contributed by atoms with Crippen molar-refractivity contribution in [1.82, 2.24) is 29.6 Å². The first-order chi connectivity index (χ1) is 35.1. The summed E-state index contributed by atoms with van der Waals surface area (Å²) < 4.78 is 3.64. The SMILES string of the molecule is C/C=C/c1ccc2n(c1=O)C[C@H]1[C@H](CO)[C@@H](C(=O)N[C@H](C)c3ccccc3)[C@@H]2N1Cc1ccccc1.C/C=C\c1ccc2n(c1=O)C[C@H]1[C@H](CO)[C@@H](C(=O)N[C@H](C)c3ccccc3)[C@@H]2N1Cc1ccccc1. The van der Waals surface area contributed by atoms with Gasteiger partial charge in [0.1, 0.15) is 0 Å². The van der Waals surface area contributed by atoms with Crippen LogP contribution in [0.25, 0.3) is 12.2 Å². The molecular weight excluding hydrogens is 901 g/mol. The van der Waals surface area contributed by atoms with Gasteiger partial charge in [0.2, 0.25) is 11.8 Å². The second kappa shape index (κ2) is 22.2. The average molecular weight is 967 g/mol. The summed E-state index contributed by atoms with van der Waals surface area (Å²) in [5, 5.41) is 27.5. The molecule has 10 rings (SSSR count). The summed E-state index contributed by atoms with van der Waals surface area (Å²) in [6.07, 6.45) is 7.37. The molecule has 6 heterocycles. The molecular formula is C60H66N6O6. The minimum absolute atomic E-state index is 0.0460. The van der Waals surface area contributed by atoms with Gasteiger partial charge in [-0.2, -0.15) is 0 Å². The van der Waals surface area contributed by atoms with Crippen molar-refractivity contribution in [1.29, 1.82) is 0 Å². The van der Waals surface area contributed by atoms with Crippen molar-refractivity contribution < 1.29 is 19.8 Å². The number of nitrogens with one attached hydrogen (secondary N) is 2. The van der Waals surface area contributed by atoms with Crippen molar-refractivity contribution in [3.8, 4) is 0 Å². The van der Waals surface area contributed by atoms with Gasteiger partial charge in [0.05, 0.1) is 36.0 Å². The van der Waals surface area contributed by atoms with Crippen molar-refractivity contribution in [2.75, 3.05) is 13.2 Å². The highest BCUT2D eigenvalue weighted by Gasteiger charge is 2.57. The van der Waals surface area contributed by atoms with Crippen molar-refractivity contribution in [2.45, 2.75) is 90.1 Å². The van der Waals surface area contributed by atoms with Gasteiger partial charge in [0.25, 0.3) is 11.1 Å². The van der Waals surface area contributed by atoms with Gasteiger partial charge >= 0.3 is 0 Å². The largest absolute Gasteiger partial charge is 0.396 e. The summed E-state index contributed by atoms with van der Waals surface area (Å²) in [6, 6.07) is 46.6. The average Bonchev–Trinajstić information content (AvgIpc) is 3.74. The second-order valence-electron chi connectivity index (χ2n) is 19.6. The molecule has 4 aliphatic heterocycles. The number of nitrogens with zero attached hydrogens (tertiary/aromatic N) is 4. The lowest BCUT2D eigenvalue weighted by Crippen LogP contribution is -2.46. The molecule has 0 aliphatic carbocycles. The maximum absolute atomic E-state index is 13.9. The number of aliphatic hydroxyl groups is 2. The van der Waals surface area contributed by atoms with Gasteiger partial charge in [0.15, 0.2) is 0 Å². The Morgan fingerprint density at radius 1 is 0.542 bits per heavy atom. The maximum Gasteiger partial charge on any atom is 0.258 e. The van der Waals surface area contributed by atoms with Crippen molar-refractivity contribution >= 4 is 24.0 Å². The predicted molar refractivity (Wildman–Crippen MR) is 282 cm³/mol. The zero-order chi connectivity index (χ0) is 50.5. The Morgan fingerprint density at radius 2 is 0.889 bits per heavy atom. The minimum Gasteiger partial charge on any atom is -0.396 e. The second-order valence-corrected chi connectivity index (χ2v) is 19.6. The van der Waals surface area contributed by atoms with Crippen LogP contribution in [0, 0.1) is 23.7 Å². The Morgan fingerprint density at radius 3 is 1.22 bits per heavy atom. The van der Waals surface area contributed by atoms with E-state index < -0.39 is 11.8 Å². The number of fused-ring (bicyclic) bond motifs is 8. The summed E-state index contributed by atoms with van der Waals surface area (Å²) in [7, 11) is 0. The van der Waals surface area contributed by atoms with E-state index in [1.54, 1.807) is 0 Å². The van der Waals surface area contributed by atoms with Crippen LogP contribution in [0.4, 0.5) is 0 Å². The first-order valence-electron chi connectivity index (χ1n) is 25.3. The van der Waals surface area contributed by atoms with Crippen LogP contribution >= 0.6 is 0 Å². The van der Waals surface area contributed by atoms with Crippen molar-refractivity contribution in [2.24, 2.45) is 23.7 Å². The van der Waals surface area contributed by atoms with E-state index >= 15 is 0 Å². The molecule has 0 radical (unpaired) electrons. The quantitative estimate of drug-likeness (QED) is 0.0864. The topological polar surface area (TPSA) is 149 Å². The van der Waals surface area contributed by atoms with E-state index in [-0.39, 0.29) is 84.2 Å². The van der Waals surface area contributed by atoms with Gasteiger partial charge in [-0.3, -0.25) is 29.0 Å². The summed E-state index contributed by atoms with van der Waals surface area (Å²) in [5.74, 6) is -1.70. The fourth-order valence-electron chi connectivity index (χ4n) is 12.0. The Balaban J connectivity index is 0.000000178. The van der Waals surface area contributed by atoms with Gasteiger partial charge < -0.3 is 30.0 Å². The molecule has 2 aromatic heterocycles. The molecule has 2 fully saturated rings. The van der Waals surface area contributed by atoms with Crippen molar-refractivity contribution in [3.05, 3.63) is 223 Å². The lowest BCUT2D eigenvalue weighted by atomic mass is 9.86. The molecule has 4 aromatic carbocycles. The zero-order valence-electron chi connectivity index (χ0n) is 41.5. The molecule has 6 aromatic rings. The van der Waals surface area contributed by atoms with Crippen LogP contribution in [0.2, 0.25) is 0 Å². The Labute approximate surface area is 422 Å². The third kappa shape index (κ3) is 9.84. The van der Waals surface area contributed by atoms with Gasteiger partial charge in [-0.15, -0.1) is 0 Å². The van der Waals surface area contributed by atoms with Crippen LogP contribution in [0.5, 0.6) is 0 Å². The molecule has 12 heteroatoms. The predicted octanol–water partition coefficient (Wildman–Crippen LogP) is 7.85. The number of rotatable bonds is 14. The normalized spacial score (nSPS) is 24.0. The maximum atomic E-state index is 13.9. The van der Waals surface area contributed by atoms with Gasteiger partial charge in [-0.1, -0.05) is 146 Å². The van der Waals surface area contributed by atoms with Crippen LogP contribution < -0.4 is 21.8 Å². The number of hydrogen-bond donors (Lipinski definition) is 4. The number of hydrogen-bond acceptors (Lipinski definition) is 8. The number of aliphatic hydroxyl groups excluding tert-OH is 2. The van der Waals surface area contributed by atoms with E-state index in [0.717, 1.165) is 33.6 Å². The monoisotopic (exact) mass is 967 g/mol. The van der Waals surface area contributed by atoms with E-state index in [9.17, 15) is 29.4 Å².